The van der Waals surface area contributed by atoms with E-state index in [2.05, 4.69) is 46.8 Å². The fraction of sp³-hybridized carbons (Fsp3) is 0.650. The highest BCUT2D eigenvalue weighted by atomic mass is 16.6. The summed E-state index contributed by atoms with van der Waals surface area (Å²) in [7, 11) is 0. The van der Waals surface area contributed by atoms with Gasteiger partial charge in [-0.15, -0.1) is 0 Å². The molecule has 0 bridgehead atoms. The first-order chi connectivity index (χ1) is 10.3. The van der Waals surface area contributed by atoms with E-state index in [4.69, 9.17) is 4.74 Å². The molecule has 1 atom stereocenters. The number of ether oxygens (including phenoxy) is 1. The smallest absolute Gasteiger partial charge is 0.338 e. The average molecular weight is 302 g/mol. The molecule has 122 valence electrons. The van der Waals surface area contributed by atoms with Gasteiger partial charge in [0.2, 0.25) is 0 Å². The molecule has 1 aromatic rings. The topological polar surface area (TPSA) is 26.3 Å². The van der Waals surface area contributed by atoms with E-state index in [1.165, 1.54) is 5.56 Å². The minimum absolute atomic E-state index is 0.0180. The van der Waals surface area contributed by atoms with Crippen molar-refractivity contribution in [2.24, 2.45) is 5.41 Å². The second-order valence-electron chi connectivity index (χ2n) is 7.77. The quantitative estimate of drug-likeness (QED) is 0.665. The van der Waals surface area contributed by atoms with Gasteiger partial charge in [0.25, 0.3) is 0 Å². The molecule has 2 nitrogen and oxygen atoms in total. The van der Waals surface area contributed by atoms with Crippen LogP contribution in [-0.2, 0) is 4.74 Å². The number of benzene rings is 1. The van der Waals surface area contributed by atoms with Gasteiger partial charge in [-0.1, -0.05) is 46.8 Å². The van der Waals surface area contributed by atoms with Gasteiger partial charge in [0.05, 0.1) is 5.56 Å². The van der Waals surface area contributed by atoms with Crippen LogP contribution in [0.25, 0.3) is 0 Å². The first-order valence-corrected chi connectivity index (χ1v) is 8.62. The van der Waals surface area contributed by atoms with E-state index >= 15 is 0 Å². The van der Waals surface area contributed by atoms with Crippen LogP contribution in [0.3, 0.4) is 0 Å². The third-order valence-corrected chi connectivity index (χ3v) is 5.39. The van der Waals surface area contributed by atoms with Crippen molar-refractivity contribution < 1.29 is 9.53 Å². The number of hydrogen-bond acceptors (Lipinski definition) is 2. The predicted molar refractivity (Wildman–Crippen MR) is 91.2 cm³/mol. The molecule has 0 aromatic heterocycles. The first kappa shape index (κ1) is 17.1. The Balaban J connectivity index is 2.14. The van der Waals surface area contributed by atoms with Gasteiger partial charge in [-0.25, -0.2) is 4.79 Å². The number of carbonyl (C=O) groups excluding carboxylic acids is 1. The van der Waals surface area contributed by atoms with Gasteiger partial charge in [-0.3, -0.25) is 0 Å². The van der Waals surface area contributed by atoms with E-state index < -0.39 is 0 Å². The van der Waals surface area contributed by atoms with Gasteiger partial charge in [0.1, 0.15) is 5.60 Å². The van der Waals surface area contributed by atoms with Crippen molar-refractivity contribution in [2.75, 3.05) is 0 Å². The Morgan fingerprint density at radius 3 is 2.18 bits per heavy atom. The van der Waals surface area contributed by atoms with Crippen molar-refractivity contribution >= 4 is 5.97 Å². The summed E-state index contributed by atoms with van der Waals surface area (Å²) in [6.45, 7) is 10.9. The lowest BCUT2D eigenvalue weighted by atomic mass is 9.75. The van der Waals surface area contributed by atoms with Crippen LogP contribution in [0.1, 0.15) is 88.6 Å². The van der Waals surface area contributed by atoms with Crippen molar-refractivity contribution in [3.8, 4) is 0 Å². The molecular weight excluding hydrogens is 272 g/mol. The fourth-order valence-electron chi connectivity index (χ4n) is 3.37. The highest BCUT2D eigenvalue weighted by Gasteiger charge is 2.47. The van der Waals surface area contributed by atoms with E-state index in [-0.39, 0.29) is 17.0 Å². The minimum Gasteiger partial charge on any atom is -0.455 e. The summed E-state index contributed by atoms with van der Waals surface area (Å²) < 4.78 is 6.04. The Morgan fingerprint density at radius 2 is 1.73 bits per heavy atom. The van der Waals surface area contributed by atoms with Crippen molar-refractivity contribution in [3.63, 3.8) is 0 Å². The fourth-order valence-corrected chi connectivity index (χ4v) is 3.37. The van der Waals surface area contributed by atoms with Gasteiger partial charge in [0, 0.05) is 5.41 Å². The van der Waals surface area contributed by atoms with Crippen LogP contribution in [0.4, 0.5) is 0 Å². The van der Waals surface area contributed by atoms with E-state index in [9.17, 15) is 4.79 Å². The van der Waals surface area contributed by atoms with E-state index in [1.807, 2.05) is 12.1 Å². The Labute approximate surface area is 135 Å². The van der Waals surface area contributed by atoms with Gasteiger partial charge < -0.3 is 4.74 Å². The molecule has 0 spiro atoms. The molecule has 2 rings (SSSR count). The normalized spacial score (nSPS) is 19.0. The second kappa shape index (κ2) is 6.44. The third-order valence-electron chi connectivity index (χ3n) is 5.39. The maximum absolute atomic E-state index is 12.6. The lowest BCUT2D eigenvalue weighted by Crippen LogP contribution is -2.44. The number of carbonyl (C=O) groups is 1. The van der Waals surface area contributed by atoms with Crippen molar-refractivity contribution in [2.45, 2.75) is 78.2 Å². The Kier molecular flexibility index (Phi) is 4.99. The SMILES string of the molecule is CCC(C)c1ccc(C(=O)OC2(C(C)(C)C)CCCC2)cc1. The molecule has 1 aliphatic rings. The summed E-state index contributed by atoms with van der Waals surface area (Å²) in [4.78, 5) is 12.6. The molecule has 2 heteroatoms. The lowest BCUT2D eigenvalue weighted by Gasteiger charge is -2.41. The molecule has 1 unspecified atom stereocenters. The molecule has 1 saturated carbocycles. The molecule has 1 aromatic carbocycles. The van der Waals surface area contributed by atoms with Crippen LogP contribution >= 0.6 is 0 Å². The first-order valence-electron chi connectivity index (χ1n) is 8.62. The highest BCUT2D eigenvalue weighted by molar-refractivity contribution is 5.89. The molecule has 0 radical (unpaired) electrons. The van der Waals surface area contributed by atoms with Crippen LogP contribution in [-0.4, -0.2) is 11.6 Å². The molecule has 1 aliphatic carbocycles. The van der Waals surface area contributed by atoms with Crippen LogP contribution in [0.2, 0.25) is 0 Å². The Hall–Kier alpha value is -1.31. The summed E-state index contributed by atoms with van der Waals surface area (Å²) in [6.07, 6.45) is 5.37. The maximum Gasteiger partial charge on any atom is 0.338 e. The molecule has 22 heavy (non-hydrogen) atoms. The third kappa shape index (κ3) is 3.37. The molecular formula is C20H30O2. The lowest BCUT2D eigenvalue weighted by molar-refractivity contribution is -0.0748. The zero-order valence-electron chi connectivity index (χ0n) is 14.7. The Bertz CT molecular complexity index is 502. The maximum atomic E-state index is 12.6. The van der Waals surface area contributed by atoms with Gasteiger partial charge in [0.15, 0.2) is 0 Å². The Morgan fingerprint density at radius 1 is 1.18 bits per heavy atom. The summed E-state index contributed by atoms with van der Waals surface area (Å²) in [5, 5.41) is 0. The van der Waals surface area contributed by atoms with Crippen LogP contribution in [0, 0.1) is 5.41 Å². The van der Waals surface area contributed by atoms with E-state index in [0.717, 1.165) is 32.1 Å². The van der Waals surface area contributed by atoms with Crippen molar-refractivity contribution in [1.29, 1.82) is 0 Å². The van der Waals surface area contributed by atoms with Gasteiger partial charge >= 0.3 is 5.97 Å². The molecule has 0 saturated heterocycles. The van der Waals surface area contributed by atoms with Crippen molar-refractivity contribution in [1.82, 2.24) is 0 Å². The predicted octanol–water partition coefficient (Wildman–Crippen LogP) is 5.72. The number of hydrogen-bond donors (Lipinski definition) is 0. The second-order valence-corrected chi connectivity index (χ2v) is 7.77. The summed E-state index contributed by atoms with van der Waals surface area (Å²) in [5.41, 5.74) is 1.63. The molecule has 0 amide bonds. The zero-order valence-corrected chi connectivity index (χ0v) is 14.7. The largest absolute Gasteiger partial charge is 0.455 e. The minimum atomic E-state index is -0.306. The van der Waals surface area contributed by atoms with Crippen LogP contribution < -0.4 is 0 Å². The zero-order chi connectivity index (χ0) is 16.4. The van der Waals surface area contributed by atoms with Crippen LogP contribution in [0.5, 0.6) is 0 Å². The van der Waals surface area contributed by atoms with E-state index in [1.54, 1.807) is 0 Å². The van der Waals surface area contributed by atoms with Gasteiger partial charge in [-0.05, 0) is 55.7 Å². The number of rotatable bonds is 4. The van der Waals surface area contributed by atoms with Gasteiger partial charge in [-0.2, -0.15) is 0 Å². The van der Waals surface area contributed by atoms with Crippen LogP contribution in [0.15, 0.2) is 24.3 Å². The molecule has 1 fully saturated rings. The summed E-state index contributed by atoms with van der Waals surface area (Å²) in [6, 6.07) is 7.94. The molecule has 0 heterocycles. The van der Waals surface area contributed by atoms with Crippen molar-refractivity contribution in [3.05, 3.63) is 35.4 Å². The summed E-state index contributed by atoms with van der Waals surface area (Å²) in [5.74, 6) is 0.355. The molecule has 0 aliphatic heterocycles. The standard InChI is InChI=1S/C20H30O2/c1-6-15(2)16-9-11-17(12-10-16)18(21)22-20(19(3,4)5)13-7-8-14-20/h9-12,15H,6-8,13-14H2,1-5H3. The average Bonchev–Trinajstić information content (AvgIpc) is 2.96. The number of esters is 1. The summed E-state index contributed by atoms with van der Waals surface area (Å²) >= 11 is 0. The van der Waals surface area contributed by atoms with E-state index in [0.29, 0.717) is 11.5 Å². The monoisotopic (exact) mass is 302 g/mol. The molecule has 0 N–H and O–H groups in total. The highest BCUT2D eigenvalue weighted by Crippen LogP contribution is 2.46.